The van der Waals surface area contributed by atoms with E-state index in [1.165, 1.54) is 47.7 Å². The molecule has 3 aromatic rings. The van der Waals surface area contributed by atoms with Gasteiger partial charge in [-0.15, -0.1) is 11.3 Å². The lowest BCUT2D eigenvalue weighted by Crippen LogP contribution is -2.49. The largest absolute Gasteiger partial charge is 0.384 e. The monoisotopic (exact) mass is 619 g/mol. The molecule has 228 valence electrons. The summed E-state index contributed by atoms with van der Waals surface area (Å²) in [5.74, 6) is -5.48. The normalized spacial score (nSPS) is 17.5. The number of rotatable bonds is 11. The van der Waals surface area contributed by atoms with Crippen LogP contribution in [0, 0.1) is 5.41 Å². The second-order valence-corrected chi connectivity index (χ2v) is 10.8. The Hall–Kier alpha value is -4.30. The van der Waals surface area contributed by atoms with Crippen LogP contribution in [0.4, 0.5) is 17.6 Å². The predicted molar refractivity (Wildman–Crippen MR) is 151 cm³/mol. The quantitative estimate of drug-likeness (QED) is 0.146. The molecule has 2 aromatic carbocycles. The molecule has 1 aromatic heterocycles. The molecule has 0 spiro atoms. The molecular weight excluding hydrogens is 590 g/mol. The molecule has 43 heavy (non-hydrogen) atoms. The van der Waals surface area contributed by atoms with Crippen molar-refractivity contribution in [2.45, 2.75) is 44.1 Å². The highest BCUT2D eigenvalue weighted by molar-refractivity contribution is 7.10. The van der Waals surface area contributed by atoms with E-state index in [4.69, 9.17) is 11.1 Å². The first kappa shape index (κ1) is 31.6. The van der Waals surface area contributed by atoms with Crippen LogP contribution in [-0.2, 0) is 20.2 Å². The summed E-state index contributed by atoms with van der Waals surface area (Å²) in [7, 11) is 0. The number of alkyl halides is 4. The van der Waals surface area contributed by atoms with E-state index >= 15 is 0 Å². The number of likely N-dealkylation sites (tertiary alicyclic amines) is 1. The average molecular weight is 620 g/mol. The van der Waals surface area contributed by atoms with Crippen molar-refractivity contribution < 1.29 is 36.7 Å². The molecule has 1 fully saturated rings. The Kier molecular flexibility index (Phi) is 9.81. The summed E-state index contributed by atoms with van der Waals surface area (Å²) in [6.45, 7) is -2.31. The minimum Gasteiger partial charge on any atom is -0.384 e. The van der Waals surface area contributed by atoms with Crippen molar-refractivity contribution in [3.05, 3.63) is 93.2 Å². The van der Waals surface area contributed by atoms with E-state index in [0.717, 1.165) is 17.0 Å². The zero-order valence-corrected chi connectivity index (χ0v) is 23.7. The van der Waals surface area contributed by atoms with Crippen molar-refractivity contribution in [3.63, 3.8) is 0 Å². The van der Waals surface area contributed by atoms with Gasteiger partial charge in [0.2, 0.25) is 11.8 Å². The van der Waals surface area contributed by atoms with Gasteiger partial charge in [0.25, 0.3) is 11.8 Å². The Morgan fingerprint density at radius 1 is 1.09 bits per heavy atom. The molecule has 14 heteroatoms. The van der Waals surface area contributed by atoms with Gasteiger partial charge in [0.05, 0.1) is 18.7 Å². The van der Waals surface area contributed by atoms with Gasteiger partial charge in [-0.05, 0) is 25.1 Å². The van der Waals surface area contributed by atoms with Crippen LogP contribution in [-0.4, -0.2) is 60.3 Å². The maximum absolute atomic E-state index is 14.8. The number of amidine groups is 1. The summed E-state index contributed by atoms with van der Waals surface area (Å²) in [4.78, 5) is 40.6. The fourth-order valence-corrected chi connectivity index (χ4v) is 5.59. The number of hydrogen-bond acceptors (Lipinski definition) is 6. The van der Waals surface area contributed by atoms with Gasteiger partial charge in [0.1, 0.15) is 11.9 Å². The molecule has 3 atom stereocenters. The first-order valence-corrected chi connectivity index (χ1v) is 14.0. The number of amides is 3. The molecule has 4 rings (SSSR count). The van der Waals surface area contributed by atoms with Crippen molar-refractivity contribution in [1.29, 1.82) is 5.41 Å². The smallest absolute Gasteiger partial charge is 0.345 e. The summed E-state index contributed by atoms with van der Waals surface area (Å²) < 4.78 is 60.0. The van der Waals surface area contributed by atoms with Crippen LogP contribution in [0.5, 0.6) is 0 Å². The first-order valence-electron chi connectivity index (χ1n) is 13.1. The Balaban J connectivity index is 1.39. The van der Waals surface area contributed by atoms with Gasteiger partial charge in [0, 0.05) is 45.5 Å². The third-order valence-corrected chi connectivity index (χ3v) is 8.06. The van der Waals surface area contributed by atoms with Crippen LogP contribution in [0.3, 0.4) is 0 Å². The Bertz CT molecular complexity index is 1470. The molecule has 0 unspecified atom stereocenters. The van der Waals surface area contributed by atoms with Crippen molar-refractivity contribution in [1.82, 2.24) is 15.5 Å². The first-order chi connectivity index (χ1) is 20.4. The number of hydrogen-bond donors (Lipinski definition) is 4. The Morgan fingerprint density at radius 2 is 1.74 bits per heavy atom. The minimum atomic E-state index is -3.29. The molecule has 5 N–H and O–H groups in total. The van der Waals surface area contributed by atoms with Gasteiger partial charge in [-0.3, -0.25) is 19.8 Å². The second-order valence-electron chi connectivity index (χ2n) is 9.90. The van der Waals surface area contributed by atoms with Crippen LogP contribution in [0.1, 0.15) is 51.3 Å². The van der Waals surface area contributed by atoms with E-state index in [2.05, 4.69) is 15.4 Å². The highest BCUT2D eigenvalue weighted by Gasteiger charge is 2.41. The molecule has 2 heterocycles. The number of carbonyl (C=O) groups excluding carboxylic acids is 3. The van der Waals surface area contributed by atoms with Crippen molar-refractivity contribution in [2.24, 2.45) is 5.73 Å². The van der Waals surface area contributed by atoms with Gasteiger partial charge in [-0.2, -0.15) is 17.6 Å². The van der Waals surface area contributed by atoms with Gasteiger partial charge in [-0.1, -0.05) is 42.5 Å². The summed E-state index contributed by atoms with van der Waals surface area (Å²) in [6.07, 6.45) is -1.31. The molecule has 0 bridgehead atoms. The molecule has 0 saturated carbocycles. The number of nitrogens with two attached hydrogens (primary N) is 1. The van der Waals surface area contributed by atoms with E-state index in [9.17, 15) is 31.9 Å². The van der Waals surface area contributed by atoms with Crippen LogP contribution < -0.4 is 16.4 Å². The second kappa shape index (κ2) is 13.3. The third-order valence-electron chi connectivity index (χ3n) is 6.94. The number of nitrogens with one attached hydrogen (secondary N) is 3. The SMILES string of the molecule is C[C@@H](NC(=O)[C@@H]1C[C@@H](OC(F)F)CN1C(=O)CNC(=O)c1ccc(C(F)(F)c2ccccc2)cc1)c1cc(C(=N)N)cs1. The maximum atomic E-state index is 14.8. The molecule has 0 aliphatic carbocycles. The molecule has 1 aliphatic heterocycles. The number of nitrogens with zero attached hydrogens (tertiary/aromatic N) is 1. The molecule has 1 saturated heterocycles. The highest BCUT2D eigenvalue weighted by Crippen LogP contribution is 2.35. The summed E-state index contributed by atoms with van der Waals surface area (Å²) in [5.41, 5.74) is 5.46. The molecule has 3 amide bonds. The highest BCUT2D eigenvalue weighted by atomic mass is 32.1. The topological polar surface area (TPSA) is 138 Å². The average Bonchev–Trinajstić information content (AvgIpc) is 3.64. The van der Waals surface area contributed by atoms with E-state index in [0.29, 0.717) is 10.4 Å². The summed E-state index contributed by atoms with van der Waals surface area (Å²) >= 11 is 1.27. The Morgan fingerprint density at radius 3 is 2.35 bits per heavy atom. The van der Waals surface area contributed by atoms with Gasteiger partial charge in [0.15, 0.2) is 0 Å². The number of ether oxygens (including phenoxy) is 1. The fraction of sp³-hybridized carbons (Fsp3) is 0.310. The zero-order valence-electron chi connectivity index (χ0n) is 22.9. The fourth-order valence-electron chi connectivity index (χ4n) is 4.67. The lowest BCUT2D eigenvalue weighted by Gasteiger charge is -2.25. The summed E-state index contributed by atoms with van der Waals surface area (Å²) in [6, 6.07) is 11.8. The maximum Gasteiger partial charge on any atom is 0.345 e. The standard InChI is InChI=1S/C29H29F4N5O4S/c1-16(23-11-18(15-43-23)25(34)35)37-27(41)22-12-21(42-28(30)31)14-38(22)24(39)13-36-26(40)17-7-9-20(10-8-17)29(32,33)19-5-3-2-4-6-19/h2-11,15-16,21-22,28H,12-14H2,1H3,(H3,34,35)(H,36,40)(H,37,41)/t16-,21-,22+/m1/s1. The van der Waals surface area contributed by atoms with E-state index in [1.54, 1.807) is 24.4 Å². The number of thiophene rings is 1. The van der Waals surface area contributed by atoms with Crippen molar-refractivity contribution in [3.8, 4) is 0 Å². The number of halogens is 4. The minimum absolute atomic E-state index is 0.0183. The molecule has 0 radical (unpaired) electrons. The van der Waals surface area contributed by atoms with E-state index in [-0.39, 0.29) is 35.5 Å². The van der Waals surface area contributed by atoms with Gasteiger partial charge < -0.3 is 26.0 Å². The Labute approximate surface area is 248 Å². The summed E-state index contributed by atoms with van der Waals surface area (Å²) in [5, 5.41) is 14.3. The third kappa shape index (κ3) is 7.56. The van der Waals surface area contributed by atoms with Crippen molar-refractivity contribution in [2.75, 3.05) is 13.1 Å². The zero-order chi connectivity index (χ0) is 31.3. The van der Waals surface area contributed by atoms with Gasteiger partial charge >= 0.3 is 6.61 Å². The predicted octanol–water partition coefficient (Wildman–Crippen LogP) is 3.99. The van der Waals surface area contributed by atoms with Crippen LogP contribution in [0.15, 0.2) is 66.0 Å². The van der Waals surface area contributed by atoms with Crippen LogP contribution in [0.2, 0.25) is 0 Å². The molecule has 1 aliphatic rings. The van der Waals surface area contributed by atoms with Crippen molar-refractivity contribution >= 4 is 34.9 Å². The number of benzene rings is 2. The van der Waals surface area contributed by atoms with Crippen LogP contribution >= 0.6 is 11.3 Å². The number of nitrogen functional groups attached to an aromatic ring is 1. The molecule has 9 nitrogen and oxygen atoms in total. The van der Waals surface area contributed by atoms with E-state index in [1.807, 2.05) is 0 Å². The van der Waals surface area contributed by atoms with E-state index < -0.39 is 55.0 Å². The van der Waals surface area contributed by atoms with Crippen LogP contribution in [0.25, 0.3) is 0 Å². The lowest BCUT2D eigenvalue weighted by molar-refractivity contribution is -0.160. The molecular formula is C29H29F4N5O4S. The van der Waals surface area contributed by atoms with Gasteiger partial charge in [-0.25, -0.2) is 0 Å². The lowest BCUT2D eigenvalue weighted by atomic mass is 9.99. The number of carbonyl (C=O) groups is 3.